The molecule has 0 atom stereocenters. The third-order valence-corrected chi connectivity index (χ3v) is 2.44. The van der Waals surface area contributed by atoms with Crippen LogP contribution in [0.15, 0.2) is 40.8 Å². The Morgan fingerprint density at radius 1 is 1.00 bits per heavy atom. The summed E-state index contributed by atoms with van der Waals surface area (Å²) in [5.41, 5.74) is 1.91. The molecule has 0 radical (unpaired) electrons. The van der Waals surface area contributed by atoms with E-state index in [2.05, 4.69) is 6.07 Å². The minimum Gasteiger partial charge on any atom is -0.463 e. The summed E-state index contributed by atoms with van der Waals surface area (Å²) in [5, 5.41) is 17.4. The van der Waals surface area contributed by atoms with Gasteiger partial charge in [0.15, 0.2) is 0 Å². The molecule has 2 aromatic rings. The Bertz CT molecular complexity index is 585. The zero-order valence-electron chi connectivity index (χ0n) is 9.18. The van der Waals surface area contributed by atoms with Crippen LogP contribution < -0.4 is 0 Å². The van der Waals surface area contributed by atoms with Gasteiger partial charge in [0.1, 0.15) is 11.5 Å². The summed E-state index contributed by atoms with van der Waals surface area (Å²) < 4.78 is 5.51. The predicted octanol–water partition coefficient (Wildman–Crippen LogP) is 3.08. The number of furan rings is 1. The van der Waals surface area contributed by atoms with Crippen molar-refractivity contribution in [1.29, 1.82) is 10.5 Å². The van der Waals surface area contributed by atoms with Crippen molar-refractivity contribution in [2.45, 2.75) is 12.8 Å². The molecule has 17 heavy (non-hydrogen) atoms. The van der Waals surface area contributed by atoms with E-state index in [4.69, 9.17) is 14.9 Å². The van der Waals surface area contributed by atoms with E-state index in [1.54, 1.807) is 0 Å². The van der Waals surface area contributed by atoms with E-state index in [-0.39, 0.29) is 12.8 Å². The van der Waals surface area contributed by atoms with Crippen LogP contribution in [0.5, 0.6) is 0 Å². The molecule has 0 saturated heterocycles. The van der Waals surface area contributed by atoms with Crippen LogP contribution in [0.4, 0.5) is 0 Å². The van der Waals surface area contributed by atoms with E-state index >= 15 is 0 Å². The molecule has 0 fully saturated rings. The summed E-state index contributed by atoms with van der Waals surface area (Å²) in [6.45, 7) is 0. The Balaban J connectivity index is 2.46. The average Bonchev–Trinajstić information content (AvgIpc) is 2.74. The maximum atomic E-state index is 8.76. The Morgan fingerprint density at radius 2 is 1.71 bits per heavy atom. The summed E-state index contributed by atoms with van der Waals surface area (Å²) >= 11 is 0. The number of rotatable bonds is 3. The Hall–Kier alpha value is -2.52. The lowest BCUT2D eigenvalue weighted by molar-refractivity contribution is 0.488. The zero-order chi connectivity index (χ0) is 12.1. The average molecular weight is 222 g/mol. The molecule has 0 spiro atoms. The molecule has 3 heteroatoms. The molecule has 82 valence electrons. The third kappa shape index (κ3) is 2.35. The van der Waals surface area contributed by atoms with Gasteiger partial charge >= 0.3 is 0 Å². The highest BCUT2D eigenvalue weighted by molar-refractivity contribution is 5.66. The van der Waals surface area contributed by atoms with Crippen LogP contribution >= 0.6 is 0 Å². The highest BCUT2D eigenvalue weighted by atomic mass is 16.3. The third-order valence-electron chi connectivity index (χ3n) is 2.44. The van der Waals surface area contributed by atoms with Gasteiger partial charge in [-0.1, -0.05) is 30.3 Å². The van der Waals surface area contributed by atoms with Crippen LogP contribution in [0.1, 0.15) is 11.5 Å². The van der Waals surface area contributed by atoms with Gasteiger partial charge in [-0.25, -0.2) is 0 Å². The summed E-state index contributed by atoms with van der Waals surface area (Å²) in [7, 11) is 0. The van der Waals surface area contributed by atoms with Gasteiger partial charge in [-0.15, -0.1) is 0 Å². The molecule has 3 nitrogen and oxygen atoms in total. The van der Waals surface area contributed by atoms with Gasteiger partial charge in [-0.2, -0.15) is 10.5 Å². The van der Waals surface area contributed by atoms with Gasteiger partial charge in [0, 0.05) is 5.56 Å². The quantitative estimate of drug-likeness (QED) is 0.801. The first-order valence-corrected chi connectivity index (χ1v) is 5.26. The van der Waals surface area contributed by atoms with Gasteiger partial charge in [0.05, 0.1) is 25.0 Å². The second-order valence-electron chi connectivity index (χ2n) is 3.59. The van der Waals surface area contributed by atoms with E-state index in [0.717, 1.165) is 11.1 Å². The molecular weight excluding hydrogens is 212 g/mol. The molecule has 0 aliphatic heterocycles. The van der Waals surface area contributed by atoms with Crippen molar-refractivity contribution in [1.82, 2.24) is 0 Å². The lowest BCUT2D eigenvalue weighted by atomic mass is 10.0. The lowest BCUT2D eigenvalue weighted by Crippen LogP contribution is -1.81. The first-order chi connectivity index (χ1) is 8.35. The highest BCUT2D eigenvalue weighted by Crippen LogP contribution is 2.27. The van der Waals surface area contributed by atoms with Crippen molar-refractivity contribution in [3.05, 3.63) is 47.9 Å². The van der Waals surface area contributed by atoms with Gasteiger partial charge in [0.2, 0.25) is 0 Å². The van der Waals surface area contributed by atoms with Gasteiger partial charge in [-0.3, -0.25) is 0 Å². The molecule has 0 unspecified atom stereocenters. The first kappa shape index (κ1) is 11.0. The highest BCUT2D eigenvalue weighted by Gasteiger charge is 2.12. The normalized spacial score (nSPS) is 9.53. The van der Waals surface area contributed by atoms with Crippen molar-refractivity contribution < 1.29 is 4.42 Å². The topological polar surface area (TPSA) is 60.7 Å². The van der Waals surface area contributed by atoms with Crippen molar-refractivity contribution >= 4 is 0 Å². The van der Waals surface area contributed by atoms with Gasteiger partial charge in [-0.05, 0) is 11.6 Å². The first-order valence-electron chi connectivity index (χ1n) is 5.26. The van der Waals surface area contributed by atoms with Crippen LogP contribution in [0.25, 0.3) is 11.1 Å². The Kier molecular flexibility index (Phi) is 3.23. The second kappa shape index (κ2) is 5.01. The van der Waals surface area contributed by atoms with E-state index in [9.17, 15) is 0 Å². The maximum absolute atomic E-state index is 8.76. The van der Waals surface area contributed by atoms with Crippen LogP contribution in [0.2, 0.25) is 0 Å². The fourth-order valence-electron chi connectivity index (χ4n) is 1.71. The summed E-state index contributed by atoms with van der Waals surface area (Å²) in [5.74, 6) is 1.24. The van der Waals surface area contributed by atoms with E-state index in [1.165, 1.54) is 0 Å². The number of benzene rings is 1. The van der Waals surface area contributed by atoms with Crippen LogP contribution in [-0.2, 0) is 12.8 Å². The molecule has 2 rings (SSSR count). The molecule has 0 aliphatic rings. The fourth-order valence-corrected chi connectivity index (χ4v) is 1.71. The van der Waals surface area contributed by atoms with Gasteiger partial charge < -0.3 is 4.42 Å². The SMILES string of the molecule is N#CCc1cc(-c2ccccc2)c(CC#N)o1. The minimum absolute atomic E-state index is 0.218. The second-order valence-corrected chi connectivity index (χ2v) is 3.59. The summed E-state index contributed by atoms with van der Waals surface area (Å²) in [6, 6.07) is 15.7. The fraction of sp³-hybridized carbons (Fsp3) is 0.143. The minimum atomic E-state index is 0.218. The van der Waals surface area contributed by atoms with Crippen molar-refractivity contribution in [3.8, 4) is 23.3 Å². The Labute approximate surface area is 99.5 Å². The standard InChI is InChI=1S/C14H10N2O/c15-8-6-12-10-13(14(17-12)7-9-16)11-4-2-1-3-5-11/h1-5,10H,6-7H2. The summed E-state index contributed by atoms with van der Waals surface area (Å²) in [6.07, 6.45) is 0.445. The van der Waals surface area contributed by atoms with Crippen molar-refractivity contribution in [2.24, 2.45) is 0 Å². The zero-order valence-corrected chi connectivity index (χ0v) is 9.18. The summed E-state index contributed by atoms with van der Waals surface area (Å²) in [4.78, 5) is 0. The van der Waals surface area contributed by atoms with Crippen molar-refractivity contribution in [3.63, 3.8) is 0 Å². The van der Waals surface area contributed by atoms with Gasteiger partial charge in [0.25, 0.3) is 0 Å². The molecule has 0 aliphatic carbocycles. The number of nitrogens with zero attached hydrogens (tertiary/aromatic N) is 2. The molecule has 1 aromatic carbocycles. The number of hydrogen-bond acceptors (Lipinski definition) is 3. The molecule has 0 saturated carbocycles. The Morgan fingerprint density at radius 3 is 2.35 bits per heavy atom. The van der Waals surface area contributed by atoms with Crippen LogP contribution in [0.3, 0.4) is 0 Å². The lowest BCUT2D eigenvalue weighted by Gasteiger charge is -1.98. The van der Waals surface area contributed by atoms with E-state index < -0.39 is 0 Å². The van der Waals surface area contributed by atoms with E-state index in [0.29, 0.717) is 11.5 Å². The van der Waals surface area contributed by atoms with Crippen LogP contribution in [-0.4, -0.2) is 0 Å². The molecular formula is C14H10N2O. The van der Waals surface area contributed by atoms with Crippen molar-refractivity contribution in [2.75, 3.05) is 0 Å². The maximum Gasteiger partial charge on any atom is 0.126 e. The smallest absolute Gasteiger partial charge is 0.126 e. The molecule has 0 amide bonds. The molecule has 0 bridgehead atoms. The predicted molar refractivity (Wildman–Crippen MR) is 62.8 cm³/mol. The molecule has 1 heterocycles. The monoisotopic (exact) mass is 222 g/mol. The largest absolute Gasteiger partial charge is 0.463 e. The number of nitriles is 2. The van der Waals surface area contributed by atoms with Crippen LogP contribution in [0, 0.1) is 22.7 Å². The van der Waals surface area contributed by atoms with E-state index in [1.807, 2.05) is 42.5 Å². The number of hydrogen-bond donors (Lipinski definition) is 0. The molecule has 1 aromatic heterocycles. The molecule has 0 N–H and O–H groups in total.